The van der Waals surface area contributed by atoms with E-state index >= 15 is 0 Å². The van der Waals surface area contributed by atoms with E-state index in [0.29, 0.717) is 22.1 Å². The number of aromatic nitrogens is 3. The highest BCUT2D eigenvalue weighted by Crippen LogP contribution is 2.34. The van der Waals surface area contributed by atoms with Crippen LogP contribution in [0.3, 0.4) is 0 Å². The molecular weight excluding hydrogens is 336 g/mol. The number of carbonyl (C=O) groups excluding carboxylic acids is 2. The zero-order valence-corrected chi connectivity index (χ0v) is 13.6. The predicted octanol–water partition coefficient (Wildman–Crippen LogP) is 3.28. The van der Waals surface area contributed by atoms with E-state index in [0.717, 1.165) is 15.8 Å². The third-order valence-corrected chi connectivity index (χ3v) is 4.92. The number of imide groups is 1. The average molecular weight is 346 g/mol. The Kier molecular flexibility index (Phi) is 2.86. The minimum atomic E-state index is -0.352. The normalized spacial score (nSPS) is 13.7. The summed E-state index contributed by atoms with van der Waals surface area (Å²) < 4.78 is 1.67. The molecule has 0 aliphatic carbocycles. The maximum absolute atomic E-state index is 12.8. The summed E-state index contributed by atoms with van der Waals surface area (Å²) in [5.74, 6) is -0.373. The fourth-order valence-electron chi connectivity index (χ4n) is 3.06. The molecular formula is C18H10N4O2S. The zero-order chi connectivity index (χ0) is 17.0. The lowest BCUT2D eigenvalue weighted by molar-refractivity contribution is 0.0925. The molecule has 0 bridgehead atoms. The molecule has 0 N–H and O–H groups in total. The topological polar surface area (TPSA) is 68.1 Å². The van der Waals surface area contributed by atoms with Gasteiger partial charge in [0.2, 0.25) is 5.13 Å². The number of benzene rings is 2. The smallest absolute Gasteiger partial charge is 0.267 e. The lowest BCUT2D eigenvalue weighted by atomic mass is 10.1. The van der Waals surface area contributed by atoms with Gasteiger partial charge >= 0.3 is 0 Å². The molecule has 4 aromatic rings. The highest BCUT2D eigenvalue weighted by molar-refractivity contribution is 7.12. The van der Waals surface area contributed by atoms with Crippen molar-refractivity contribution in [2.45, 2.75) is 0 Å². The first-order valence-corrected chi connectivity index (χ1v) is 8.49. The largest absolute Gasteiger partial charge is 0.268 e. The van der Waals surface area contributed by atoms with E-state index in [1.54, 1.807) is 35.1 Å². The molecule has 2 aromatic carbocycles. The van der Waals surface area contributed by atoms with Crippen LogP contribution in [-0.4, -0.2) is 26.6 Å². The summed E-state index contributed by atoms with van der Waals surface area (Å²) in [7, 11) is 0. The number of carbonyl (C=O) groups is 2. The standard InChI is InChI=1S/C18H10N4O2S/c23-16-11-5-1-2-6-12(11)17(24)21(16)15-13-7-3-4-8-14(13)22(20-15)18-19-9-10-25-18/h1-10H. The molecule has 0 unspecified atom stereocenters. The highest BCUT2D eigenvalue weighted by atomic mass is 32.1. The van der Waals surface area contributed by atoms with Gasteiger partial charge in [-0.3, -0.25) is 9.59 Å². The molecule has 0 atom stereocenters. The van der Waals surface area contributed by atoms with Crippen molar-refractivity contribution in [2.75, 3.05) is 4.90 Å². The summed E-state index contributed by atoms with van der Waals surface area (Å²) in [6.07, 6.45) is 1.69. The van der Waals surface area contributed by atoms with Crippen molar-refractivity contribution in [1.29, 1.82) is 0 Å². The summed E-state index contributed by atoms with van der Waals surface area (Å²) in [4.78, 5) is 31.0. The van der Waals surface area contributed by atoms with E-state index in [-0.39, 0.29) is 11.8 Å². The van der Waals surface area contributed by atoms with E-state index in [1.165, 1.54) is 11.3 Å². The van der Waals surface area contributed by atoms with Gasteiger partial charge in [-0.25, -0.2) is 14.6 Å². The number of nitrogens with zero attached hydrogens (tertiary/aromatic N) is 4. The zero-order valence-electron chi connectivity index (χ0n) is 12.8. The van der Waals surface area contributed by atoms with Gasteiger partial charge < -0.3 is 0 Å². The molecule has 2 aromatic heterocycles. The Bertz CT molecular complexity index is 1110. The van der Waals surface area contributed by atoms with E-state index < -0.39 is 0 Å². The summed E-state index contributed by atoms with van der Waals surface area (Å²) in [5, 5.41) is 7.81. The first kappa shape index (κ1) is 14.1. The molecule has 5 rings (SSSR count). The Labute approximate surface area is 146 Å². The van der Waals surface area contributed by atoms with Crippen molar-refractivity contribution >= 4 is 39.9 Å². The molecule has 25 heavy (non-hydrogen) atoms. The first-order valence-electron chi connectivity index (χ1n) is 7.61. The SMILES string of the molecule is O=C1c2ccccc2C(=O)N1c1nn(-c2nccs2)c2ccccc12. The number of rotatable bonds is 2. The first-order chi connectivity index (χ1) is 12.3. The van der Waals surface area contributed by atoms with Gasteiger partial charge in [-0.2, -0.15) is 0 Å². The van der Waals surface area contributed by atoms with E-state index in [9.17, 15) is 9.59 Å². The molecule has 120 valence electrons. The summed E-state index contributed by atoms with van der Waals surface area (Å²) in [6, 6.07) is 14.3. The molecule has 0 saturated heterocycles. The molecule has 1 aliphatic heterocycles. The van der Waals surface area contributed by atoms with Crippen LogP contribution in [0.1, 0.15) is 20.7 Å². The van der Waals surface area contributed by atoms with Crippen molar-refractivity contribution in [3.8, 4) is 5.13 Å². The number of para-hydroxylation sites is 1. The second-order valence-electron chi connectivity index (χ2n) is 5.56. The van der Waals surface area contributed by atoms with Gasteiger partial charge in [-0.05, 0) is 24.3 Å². The van der Waals surface area contributed by atoms with Crippen molar-refractivity contribution < 1.29 is 9.59 Å². The second-order valence-corrected chi connectivity index (χ2v) is 6.43. The number of anilines is 1. The number of amides is 2. The molecule has 6 nitrogen and oxygen atoms in total. The van der Waals surface area contributed by atoms with E-state index in [1.807, 2.05) is 29.6 Å². The van der Waals surface area contributed by atoms with E-state index in [4.69, 9.17) is 0 Å². The second kappa shape index (κ2) is 5.09. The van der Waals surface area contributed by atoms with Gasteiger partial charge in [0, 0.05) is 17.0 Å². The average Bonchev–Trinajstić information content (AvgIpc) is 3.34. The molecule has 3 heterocycles. The maximum Gasteiger partial charge on any atom is 0.267 e. The third kappa shape index (κ3) is 1.90. The molecule has 0 spiro atoms. The van der Waals surface area contributed by atoms with Crippen LogP contribution in [0.25, 0.3) is 16.0 Å². The van der Waals surface area contributed by atoms with Gasteiger partial charge in [0.1, 0.15) is 0 Å². The Morgan fingerprint density at radius 3 is 2.24 bits per heavy atom. The Morgan fingerprint density at radius 2 is 1.56 bits per heavy atom. The van der Waals surface area contributed by atoms with Crippen molar-refractivity contribution in [2.24, 2.45) is 0 Å². The summed E-state index contributed by atoms with van der Waals surface area (Å²) >= 11 is 1.44. The fourth-order valence-corrected chi connectivity index (χ4v) is 3.67. The molecule has 7 heteroatoms. The van der Waals surface area contributed by atoms with Crippen LogP contribution in [0, 0.1) is 0 Å². The van der Waals surface area contributed by atoms with Crippen molar-refractivity contribution in [3.05, 3.63) is 71.2 Å². The molecule has 0 saturated carbocycles. The lowest BCUT2D eigenvalue weighted by Crippen LogP contribution is -2.30. The summed E-state index contributed by atoms with van der Waals surface area (Å²) in [6.45, 7) is 0. The number of hydrogen-bond acceptors (Lipinski definition) is 5. The molecule has 0 fully saturated rings. The van der Waals surface area contributed by atoms with Crippen LogP contribution in [0.5, 0.6) is 0 Å². The van der Waals surface area contributed by atoms with Gasteiger partial charge in [0.05, 0.1) is 16.6 Å². The molecule has 2 amide bonds. The van der Waals surface area contributed by atoms with Crippen LogP contribution in [0.15, 0.2) is 60.1 Å². The quantitative estimate of drug-likeness (QED) is 0.522. The van der Waals surface area contributed by atoms with E-state index in [2.05, 4.69) is 10.1 Å². The lowest BCUT2D eigenvalue weighted by Gasteiger charge is -2.10. The minimum Gasteiger partial charge on any atom is -0.268 e. The van der Waals surface area contributed by atoms with Crippen molar-refractivity contribution in [3.63, 3.8) is 0 Å². The third-order valence-electron chi connectivity index (χ3n) is 4.17. The van der Waals surface area contributed by atoms with Gasteiger partial charge in [-0.15, -0.1) is 16.4 Å². The van der Waals surface area contributed by atoms with Gasteiger partial charge in [0.25, 0.3) is 11.8 Å². The van der Waals surface area contributed by atoms with Crippen LogP contribution in [-0.2, 0) is 0 Å². The maximum atomic E-state index is 12.8. The Balaban J connectivity index is 1.75. The fraction of sp³-hybridized carbons (Fsp3) is 0. The van der Waals surface area contributed by atoms with Gasteiger partial charge in [-0.1, -0.05) is 24.3 Å². The van der Waals surface area contributed by atoms with Crippen molar-refractivity contribution in [1.82, 2.24) is 14.8 Å². The summed E-state index contributed by atoms with van der Waals surface area (Å²) in [5.41, 5.74) is 1.60. The van der Waals surface area contributed by atoms with Crippen LogP contribution in [0.4, 0.5) is 5.82 Å². The minimum absolute atomic E-state index is 0.331. The van der Waals surface area contributed by atoms with Crippen LogP contribution >= 0.6 is 11.3 Å². The van der Waals surface area contributed by atoms with Gasteiger partial charge in [0.15, 0.2) is 5.82 Å². The predicted molar refractivity (Wildman–Crippen MR) is 94.3 cm³/mol. The number of thiazole rings is 1. The monoisotopic (exact) mass is 346 g/mol. The Hall–Kier alpha value is -3.32. The number of fused-ring (bicyclic) bond motifs is 2. The Morgan fingerprint density at radius 1 is 0.880 bits per heavy atom. The number of hydrogen-bond donors (Lipinski definition) is 0. The highest BCUT2D eigenvalue weighted by Gasteiger charge is 2.39. The molecule has 1 aliphatic rings. The molecule has 0 radical (unpaired) electrons. The van der Waals surface area contributed by atoms with Crippen LogP contribution < -0.4 is 4.90 Å². The van der Waals surface area contributed by atoms with Crippen LogP contribution in [0.2, 0.25) is 0 Å².